The molecular weight excluding hydrogens is 428 g/mol. The van der Waals surface area contributed by atoms with Crippen molar-refractivity contribution >= 4 is 0 Å². The Kier molecular flexibility index (Phi) is 38.2. The van der Waals surface area contributed by atoms with Crippen LogP contribution in [0.4, 0.5) is 0 Å². The molecule has 0 aliphatic heterocycles. The van der Waals surface area contributed by atoms with Crippen molar-refractivity contribution in [3.05, 3.63) is 0 Å². The Labute approximate surface area is 224 Å². The van der Waals surface area contributed by atoms with E-state index in [-0.39, 0.29) is 0 Å². The molecule has 0 saturated heterocycles. The van der Waals surface area contributed by atoms with Crippen molar-refractivity contribution in [2.75, 3.05) is 26.4 Å². The van der Waals surface area contributed by atoms with Crippen LogP contribution in [0.25, 0.3) is 0 Å². The van der Waals surface area contributed by atoms with Crippen molar-refractivity contribution < 1.29 is 9.47 Å². The van der Waals surface area contributed by atoms with Gasteiger partial charge < -0.3 is 9.47 Å². The molecule has 0 fully saturated rings. The Morgan fingerprint density at radius 3 is 0.943 bits per heavy atom. The molecular formula is C33H70O2. The fourth-order valence-electron chi connectivity index (χ4n) is 4.44. The lowest BCUT2D eigenvalue weighted by molar-refractivity contribution is 0.119. The molecule has 0 radical (unpaired) electrons. The van der Waals surface area contributed by atoms with E-state index >= 15 is 0 Å². The first kappa shape index (κ1) is 37.1. The van der Waals surface area contributed by atoms with E-state index in [2.05, 4.69) is 20.8 Å². The van der Waals surface area contributed by atoms with Crippen molar-refractivity contribution in [3.8, 4) is 0 Å². The van der Waals surface area contributed by atoms with Crippen molar-refractivity contribution in [1.29, 1.82) is 0 Å². The van der Waals surface area contributed by atoms with Gasteiger partial charge in [-0.05, 0) is 32.6 Å². The summed E-state index contributed by atoms with van der Waals surface area (Å²) in [7, 11) is 0. The lowest BCUT2D eigenvalue weighted by atomic mass is 10.0. The van der Waals surface area contributed by atoms with E-state index in [1.54, 1.807) is 0 Å². The van der Waals surface area contributed by atoms with Crippen LogP contribution in [0.3, 0.4) is 0 Å². The van der Waals surface area contributed by atoms with Crippen molar-refractivity contribution in [1.82, 2.24) is 0 Å². The number of rotatable bonds is 28. The fraction of sp³-hybridized carbons (Fsp3) is 1.00. The van der Waals surface area contributed by atoms with Gasteiger partial charge in [0.05, 0.1) is 0 Å². The molecule has 0 aliphatic rings. The van der Waals surface area contributed by atoms with Gasteiger partial charge in [-0.3, -0.25) is 0 Å². The quantitative estimate of drug-likeness (QED) is 0.0998. The van der Waals surface area contributed by atoms with Crippen molar-refractivity contribution in [2.45, 2.75) is 182 Å². The van der Waals surface area contributed by atoms with Crippen molar-refractivity contribution in [2.24, 2.45) is 5.92 Å². The zero-order valence-corrected chi connectivity index (χ0v) is 25.5. The van der Waals surface area contributed by atoms with Gasteiger partial charge in [-0.2, -0.15) is 0 Å². The zero-order chi connectivity index (χ0) is 26.1. The molecule has 0 amide bonds. The van der Waals surface area contributed by atoms with Crippen LogP contribution in [0.1, 0.15) is 182 Å². The van der Waals surface area contributed by atoms with Crippen LogP contribution in [0.2, 0.25) is 0 Å². The smallest absolute Gasteiger partial charge is 0.0468 e. The second kappa shape index (κ2) is 36.1. The van der Waals surface area contributed by atoms with E-state index < -0.39 is 0 Å². The van der Waals surface area contributed by atoms with E-state index in [0.717, 1.165) is 32.3 Å². The molecule has 0 aromatic carbocycles. The van der Waals surface area contributed by atoms with E-state index in [4.69, 9.17) is 9.47 Å². The number of hydrogen-bond donors (Lipinski definition) is 0. The maximum Gasteiger partial charge on any atom is 0.0468 e. The third-order valence-corrected chi connectivity index (χ3v) is 6.89. The predicted octanol–water partition coefficient (Wildman–Crippen LogP) is 11.7. The number of hydrogen-bond acceptors (Lipinski definition) is 2. The van der Waals surface area contributed by atoms with Crippen LogP contribution in [-0.4, -0.2) is 26.4 Å². The molecule has 35 heavy (non-hydrogen) atoms. The maximum atomic E-state index is 5.69. The monoisotopic (exact) mass is 499 g/mol. The first-order valence-corrected chi connectivity index (χ1v) is 16.3. The summed E-state index contributed by atoms with van der Waals surface area (Å²) >= 11 is 0. The molecule has 0 rings (SSSR count). The number of ether oxygens (including phenoxy) is 2. The number of unbranched alkanes of at least 4 members (excludes halogenated alkanes) is 21. The summed E-state index contributed by atoms with van der Waals surface area (Å²) < 4.78 is 10.5. The summed E-state index contributed by atoms with van der Waals surface area (Å²) in [6, 6.07) is 0. The first-order chi connectivity index (χ1) is 17.2. The minimum absolute atomic E-state index is 0.773. The Morgan fingerprint density at radius 1 is 0.371 bits per heavy atom. The van der Waals surface area contributed by atoms with Gasteiger partial charge in [0, 0.05) is 26.4 Å². The van der Waals surface area contributed by atoms with E-state index in [9.17, 15) is 0 Å². The molecule has 214 valence electrons. The van der Waals surface area contributed by atoms with Crippen LogP contribution >= 0.6 is 0 Å². The Morgan fingerprint density at radius 2 is 0.686 bits per heavy atom. The Hall–Kier alpha value is -0.0800. The van der Waals surface area contributed by atoms with Gasteiger partial charge in [0.15, 0.2) is 0 Å². The van der Waals surface area contributed by atoms with Gasteiger partial charge in [-0.1, -0.05) is 156 Å². The van der Waals surface area contributed by atoms with Crippen LogP contribution in [0.5, 0.6) is 0 Å². The molecule has 2 heteroatoms. The van der Waals surface area contributed by atoms with Crippen LogP contribution in [0.15, 0.2) is 0 Å². The highest BCUT2D eigenvalue weighted by Crippen LogP contribution is 2.15. The minimum atomic E-state index is 0.773. The van der Waals surface area contributed by atoms with Crippen molar-refractivity contribution in [3.63, 3.8) is 0 Å². The van der Waals surface area contributed by atoms with Crippen LogP contribution < -0.4 is 0 Å². The molecule has 0 bridgehead atoms. The summed E-state index contributed by atoms with van der Waals surface area (Å²) in [6.07, 6.45) is 33.1. The topological polar surface area (TPSA) is 18.5 Å². The molecule has 2 nitrogen and oxygen atoms in total. The van der Waals surface area contributed by atoms with E-state index in [1.807, 2.05) is 13.8 Å². The highest BCUT2D eigenvalue weighted by atomic mass is 16.5. The van der Waals surface area contributed by atoms with Gasteiger partial charge in [-0.25, -0.2) is 0 Å². The molecule has 0 saturated carbocycles. The third kappa shape index (κ3) is 41.3. The summed E-state index contributed by atoms with van der Waals surface area (Å²) in [6.45, 7) is 14.4. The summed E-state index contributed by atoms with van der Waals surface area (Å²) in [5.41, 5.74) is 0. The average molecular weight is 499 g/mol. The molecule has 0 atom stereocenters. The van der Waals surface area contributed by atoms with Crippen LogP contribution in [0, 0.1) is 5.92 Å². The summed E-state index contributed by atoms with van der Waals surface area (Å²) in [5.74, 6) is 0.773. The lowest BCUT2D eigenvalue weighted by Crippen LogP contribution is -2.00. The first-order valence-electron chi connectivity index (χ1n) is 16.3. The van der Waals surface area contributed by atoms with E-state index in [0.29, 0.717) is 0 Å². The van der Waals surface area contributed by atoms with Gasteiger partial charge >= 0.3 is 0 Å². The zero-order valence-electron chi connectivity index (χ0n) is 25.5. The molecule has 0 aromatic heterocycles. The Bertz CT molecular complexity index is 327. The largest absolute Gasteiger partial charge is 0.382 e. The van der Waals surface area contributed by atoms with E-state index in [1.165, 1.54) is 148 Å². The van der Waals surface area contributed by atoms with Gasteiger partial charge in [-0.15, -0.1) is 0 Å². The van der Waals surface area contributed by atoms with Gasteiger partial charge in [0.2, 0.25) is 0 Å². The average Bonchev–Trinajstić information content (AvgIpc) is 2.85. The molecule has 0 heterocycles. The minimum Gasteiger partial charge on any atom is -0.382 e. The highest BCUT2D eigenvalue weighted by molar-refractivity contribution is 4.51. The SMILES string of the molecule is CCCCCCCCCCCCCCCCCCCCCCCCOCCC(C)C.CCOCC. The summed E-state index contributed by atoms with van der Waals surface area (Å²) in [4.78, 5) is 0. The standard InChI is InChI=1S/C29H60O.C4H10O/c1-4-5-6-7-8-9-10-11-12-13-14-15-16-17-18-19-20-21-22-23-24-25-27-30-28-26-29(2)3;1-3-5-4-2/h29H,4-28H2,1-3H3;3-4H2,1-2H3. The molecule has 0 aliphatic carbocycles. The molecule has 0 N–H and O–H groups in total. The van der Waals surface area contributed by atoms with Gasteiger partial charge in [0.1, 0.15) is 0 Å². The molecule has 0 aromatic rings. The lowest BCUT2D eigenvalue weighted by Gasteiger charge is -2.06. The Balaban J connectivity index is 0. The normalized spacial score (nSPS) is 11.1. The summed E-state index contributed by atoms with van der Waals surface area (Å²) in [5, 5.41) is 0. The highest BCUT2D eigenvalue weighted by Gasteiger charge is 1.97. The van der Waals surface area contributed by atoms with Crippen LogP contribution in [-0.2, 0) is 9.47 Å². The third-order valence-electron chi connectivity index (χ3n) is 6.89. The molecule has 0 spiro atoms. The van der Waals surface area contributed by atoms with Gasteiger partial charge in [0.25, 0.3) is 0 Å². The second-order valence-electron chi connectivity index (χ2n) is 11.0. The predicted molar refractivity (Wildman–Crippen MR) is 160 cm³/mol. The second-order valence-corrected chi connectivity index (χ2v) is 11.0. The molecule has 0 unspecified atom stereocenters. The maximum absolute atomic E-state index is 5.69. The fourth-order valence-corrected chi connectivity index (χ4v) is 4.44.